The maximum Gasteiger partial charge on any atom is 0.321 e. The molecule has 3 N–H and O–H groups in total. The van der Waals surface area contributed by atoms with Crippen molar-refractivity contribution in [2.45, 2.75) is 32.4 Å². The zero-order chi connectivity index (χ0) is 18.4. The van der Waals surface area contributed by atoms with E-state index in [0.29, 0.717) is 19.6 Å². The average molecular weight is 352 g/mol. The van der Waals surface area contributed by atoms with E-state index in [4.69, 9.17) is 4.74 Å². The number of ether oxygens (including phenoxy) is 1. The predicted molar refractivity (Wildman–Crippen MR) is 102 cm³/mol. The molecule has 26 heavy (non-hydrogen) atoms. The zero-order valence-corrected chi connectivity index (χ0v) is 14.9. The number of carbonyl (C=O) groups is 1. The van der Waals surface area contributed by atoms with Gasteiger partial charge in [0.2, 0.25) is 0 Å². The van der Waals surface area contributed by atoms with Crippen LogP contribution in [0.3, 0.4) is 0 Å². The van der Waals surface area contributed by atoms with Gasteiger partial charge in [-0.2, -0.15) is 0 Å². The molecular weight excluding hydrogens is 328 g/mol. The van der Waals surface area contributed by atoms with Crippen LogP contribution in [0.25, 0.3) is 10.9 Å². The second-order valence-corrected chi connectivity index (χ2v) is 6.33. The van der Waals surface area contributed by atoms with Gasteiger partial charge in [-0.3, -0.25) is 4.79 Å². The first-order valence-corrected chi connectivity index (χ1v) is 8.90. The average Bonchev–Trinajstić information content (AvgIpc) is 3.06. The number of carboxylic acid groups (broad SMARTS) is 1. The Labute approximate surface area is 153 Å². The quantitative estimate of drug-likeness (QED) is 0.548. The SMILES string of the molecule is CCCOc1cccc(CN[C@H](Cc2c[nH]c3ccccc23)C(=O)O)c1. The molecule has 1 heterocycles. The fraction of sp³-hybridized carbons (Fsp3) is 0.286. The van der Waals surface area contributed by atoms with Crippen LogP contribution in [-0.2, 0) is 17.8 Å². The van der Waals surface area contributed by atoms with Crippen LogP contribution < -0.4 is 10.1 Å². The number of para-hydroxylation sites is 1. The minimum atomic E-state index is -0.853. The van der Waals surface area contributed by atoms with Crippen molar-refractivity contribution >= 4 is 16.9 Å². The first-order valence-electron chi connectivity index (χ1n) is 8.90. The Hall–Kier alpha value is -2.79. The number of nitrogens with one attached hydrogen (secondary N) is 2. The summed E-state index contributed by atoms with van der Waals surface area (Å²) in [6.07, 6.45) is 3.26. The number of hydrogen-bond donors (Lipinski definition) is 3. The van der Waals surface area contributed by atoms with E-state index >= 15 is 0 Å². The van der Waals surface area contributed by atoms with Gasteiger partial charge in [0.25, 0.3) is 0 Å². The van der Waals surface area contributed by atoms with E-state index in [1.165, 1.54) is 0 Å². The van der Waals surface area contributed by atoms with Crippen LogP contribution in [0.2, 0.25) is 0 Å². The van der Waals surface area contributed by atoms with Gasteiger partial charge >= 0.3 is 5.97 Å². The molecule has 0 aliphatic carbocycles. The molecule has 136 valence electrons. The van der Waals surface area contributed by atoms with Crippen molar-refractivity contribution < 1.29 is 14.6 Å². The molecule has 5 nitrogen and oxygen atoms in total. The smallest absolute Gasteiger partial charge is 0.321 e. The highest BCUT2D eigenvalue weighted by atomic mass is 16.5. The van der Waals surface area contributed by atoms with Crippen molar-refractivity contribution in [2.75, 3.05) is 6.61 Å². The van der Waals surface area contributed by atoms with Gasteiger partial charge < -0.3 is 20.1 Å². The highest BCUT2D eigenvalue weighted by molar-refractivity contribution is 5.84. The van der Waals surface area contributed by atoms with Crippen LogP contribution in [0.1, 0.15) is 24.5 Å². The summed E-state index contributed by atoms with van der Waals surface area (Å²) in [5, 5.41) is 13.8. The number of rotatable bonds is 9. The number of benzene rings is 2. The van der Waals surface area contributed by atoms with E-state index in [9.17, 15) is 9.90 Å². The Morgan fingerprint density at radius 2 is 2.08 bits per heavy atom. The van der Waals surface area contributed by atoms with Crippen LogP contribution in [0, 0.1) is 0 Å². The van der Waals surface area contributed by atoms with Gasteiger partial charge in [0.1, 0.15) is 11.8 Å². The fourth-order valence-electron chi connectivity index (χ4n) is 2.97. The molecule has 0 saturated carbocycles. The number of fused-ring (bicyclic) bond motifs is 1. The lowest BCUT2D eigenvalue weighted by Gasteiger charge is -2.15. The van der Waals surface area contributed by atoms with Crippen LogP contribution in [0.5, 0.6) is 5.75 Å². The van der Waals surface area contributed by atoms with Gasteiger partial charge in [-0.15, -0.1) is 0 Å². The molecule has 0 spiro atoms. The van der Waals surface area contributed by atoms with Crippen LogP contribution in [0.4, 0.5) is 0 Å². The molecule has 0 amide bonds. The summed E-state index contributed by atoms with van der Waals surface area (Å²) in [5.74, 6) is -0.0386. The lowest BCUT2D eigenvalue weighted by atomic mass is 10.0. The first kappa shape index (κ1) is 18.0. The van der Waals surface area contributed by atoms with Gasteiger partial charge in [0.05, 0.1) is 6.61 Å². The molecule has 3 rings (SSSR count). The lowest BCUT2D eigenvalue weighted by Crippen LogP contribution is -2.38. The minimum absolute atomic E-state index is 0.422. The largest absolute Gasteiger partial charge is 0.494 e. The molecule has 0 bridgehead atoms. The Morgan fingerprint density at radius 1 is 1.23 bits per heavy atom. The molecule has 0 fully saturated rings. The molecule has 0 saturated heterocycles. The summed E-state index contributed by atoms with van der Waals surface area (Å²) in [4.78, 5) is 14.9. The number of aromatic nitrogens is 1. The second kappa shape index (κ2) is 8.54. The lowest BCUT2D eigenvalue weighted by molar-refractivity contribution is -0.139. The third-order valence-electron chi connectivity index (χ3n) is 4.32. The van der Waals surface area contributed by atoms with Crippen molar-refractivity contribution in [1.82, 2.24) is 10.3 Å². The minimum Gasteiger partial charge on any atom is -0.494 e. The predicted octanol–water partition coefficient (Wildman–Crippen LogP) is 3.74. The summed E-state index contributed by atoms with van der Waals surface area (Å²) in [6, 6.07) is 15.0. The van der Waals surface area contributed by atoms with Crippen LogP contribution in [-0.4, -0.2) is 28.7 Å². The maximum atomic E-state index is 11.7. The normalized spacial score (nSPS) is 12.2. The number of aliphatic carboxylic acids is 1. The van der Waals surface area contributed by atoms with E-state index in [-0.39, 0.29) is 0 Å². The molecule has 0 unspecified atom stereocenters. The molecule has 2 aromatic carbocycles. The van der Waals surface area contributed by atoms with Crippen LogP contribution >= 0.6 is 0 Å². The summed E-state index contributed by atoms with van der Waals surface area (Å²) in [6.45, 7) is 3.21. The third kappa shape index (κ3) is 4.43. The number of H-pyrrole nitrogens is 1. The van der Waals surface area contributed by atoms with Crippen molar-refractivity contribution in [1.29, 1.82) is 0 Å². The van der Waals surface area contributed by atoms with E-state index < -0.39 is 12.0 Å². The van der Waals surface area contributed by atoms with Crippen molar-refractivity contribution in [3.05, 3.63) is 65.9 Å². The molecule has 1 aromatic heterocycles. The molecule has 0 aliphatic rings. The third-order valence-corrected chi connectivity index (χ3v) is 4.32. The first-order chi connectivity index (χ1) is 12.7. The molecule has 3 aromatic rings. The Morgan fingerprint density at radius 3 is 2.88 bits per heavy atom. The fourth-order valence-corrected chi connectivity index (χ4v) is 2.97. The van der Waals surface area contributed by atoms with Gasteiger partial charge in [0, 0.05) is 30.1 Å². The Balaban J connectivity index is 1.67. The maximum absolute atomic E-state index is 11.7. The molecule has 0 aliphatic heterocycles. The molecule has 5 heteroatoms. The molecular formula is C21H24N2O3. The highest BCUT2D eigenvalue weighted by Gasteiger charge is 2.19. The van der Waals surface area contributed by atoms with E-state index in [1.807, 2.05) is 54.7 Å². The van der Waals surface area contributed by atoms with Gasteiger partial charge in [-0.05, 0) is 35.7 Å². The number of aromatic amines is 1. The van der Waals surface area contributed by atoms with E-state index in [2.05, 4.69) is 17.2 Å². The summed E-state index contributed by atoms with van der Waals surface area (Å²) in [7, 11) is 0. The second-order valence-electron chi connectivity index (χ2n) is 6.33. The topological polar surface area (TPSA) is 74.3 Å². The molecule has 0 radical (unpaired) electrons. The van der Waals surface area contributed by atoms with Crippen LogP contribution in [0.15, 0.2) is 54.7 Å². The van der Waals surface area contributed by atoms with Crippen molar-refractivity contribution in [3.8, 4) is 5.75 Å². The summed E-state index contributed by atoms with van der Waals surface area (Å²) >= 11 is 0. The number of hydrogen-bond acceptors (Lipinski definition) is 3. The number of carboxylic acids is 1. The Kier molecular flexibility index (Phi) is 5.92. The summed E-state index contributed by atoms with van der Waals surface area (Å²) in [5.41, 5.74) is 3.02. The van der Waals surface area contributed by atoms with Gasteiger partial charge in [0.15, 0.2) is 0 Å². The Bertz CT molecular complexity index is 872. The van der Waals surface area contributed by atoms with Gasteiger partial charge in [-0.1, -0.05) is 37.3 Å². The van der Waals surface area contributed by atoms with Crippen molar-refractivity contribution in [3.63, 3.8) is 0 Å². The highest BCUT2D eigenvalue weighted by Crippen LogP contribution is 2.19. The standard InChI is InChI=1S/C21H24N2O3/c1-2-10-26-17-7-5-6-15(11-17)13-22-20(21(24)25)12-16-14-23-19-9-4-3-8-18(16)19/h3-9,11,14,20,22-23H,2,10,12-13H2,1H3,(H,24,25)/t20-/m1/s1. The van der Waals surface area contributed by atoms with E-state index in [1.54, 1.807) is 0 Å². The van der Waals surface area contributed by atoms with Crippen molar-refractivity contribution in [2.24, 2.45) is 0 Å². The van der Waals surface area contributed by atoms with Gasteiger partial charge in [-0.25, -0.2) is 0 Å². The molecule has 1 atom stereocenters. The van der Waals surface area contributed by atoms with E-state index in [0.717, 1.165) is 34.2 Å². The monoisotopic (exact) mass is 352 g/mol. The zero-order valence-electron chi connectivity index (χ0n) is 14.9. The summed E-state index contributed by atoms with van der Waals surface area (Å²) < 4.78 is 5.64.